The smallest absolute Gasteiger partial charge is 0.223 e. The van der Waals surface area contributed by atoms with Gasteiger partial charge in [-0.05, 0) is 36.2 Å². The third kappa shape index (κ3) is 4.60. The van der Waals surface area contributed by atoms with E-state index in [4.69, 9.17) is 7.85 Å². The first-order chi connectivity index (χ1) is 10.8. The molecule has 3 nitrogen and oxygen atoms in total. The molecule has 0 saturated heterocycles. The van der Waals surface area contributed by atoms with Gasteiger partial charge in [-0.1, -0.05) is 57.5 Å². The molecule has 1 fully saturated rings. The lowest BCUT2D eigenvalue weighted by molar-refractivity contribution is -0.130. The van der Waals surface area contributed by atoms with Gasteiger partial charge in [0, 0.05) is 12.5 Å². The van der Waals surface area contributed by atoms with Crippen molar-refractivity contribution in [2.24, 2.45) is 23.7 Å². The van der Waals surface area contributed by atoms with Crippen LogP contribution in [-0.2, 0) is 10.3 Å². The Hall–Kier alpha value is -1.29. The second kappa shape index (κ2) is 7.52. The molecular formula is C19H28BNO2. The number of carbonyl (C=O) groups excluding carboxylic acids is 1. The first kappa shape index (κ1) is 18.1. The number of rotatable bonds is 5. The minimum atomic E-state index is -1.54. The molecule has 1 aromatic rings. The fraction of sp³-hybridized carbons (Fsp3) is 0.632. The molecule has 4 atom stereocenters. The van der Waals surface area contributed by atoms with Crippen LogP contribution in [0.5, 0.6) is 0 Å². The number of amides is 1. The molecule has 1 saturated carbocycles. The lowest BCUT2D eigenvalue weighted by Gasteiger charge is -2.37. The summed E-state index contributed by atoms with van der Waals surface area (Å²) in [4.78, 5) is 12.7. The van der Waals surface area contributed by atoms with Crippen molar-refractivity contribution in [1.29, 1.82) is 0 Å². The first-order valence-corrected chi connectivity index (χ1v) is 8.65. The quantitative estimate of drug-likeness (QED) is 0.821. The van der Waals surface area contributed by atoms with Crippen molar-refractivity contribution in [2.45, 2.75) is 45.5 Å². The molecule has 1 aliphatic carbocycles. The number of nitrogens with one attached hydrogen (secondary N) is 1. The van der Waals surface area contributed by atoms with Crippen molar-refractivity contribution < 1.29 is 9.90 Å². The number of benzene rings is 1. The van der Waals surface area contributed by atoms with E-state index in [2.05, 4.69) is 26.1 Å². The van der Waals surface area contributed by atoms with Crippen LogP contribution in [0.3, 0.4) is 0 Å². The molecule has 1 aliphatic rings. The summed E-state index contributed by atoms with van der Waals surface area (Å²) in [6, 6.07) is 9.06. The minimum Gasteiger partial charge on any atom is -0.393 e. The van der Waals surface area contributed by atoms with E-state index in [1.807, 2.05) is 18.2 Å². The standard InChI is InChI=1S/C19H28BNO2/c1-13(2)16-10-9-14(3)11-17(16)18(22)21-12-19(20,23)15-7-5-4-6-8-15/h4-8,13-14,16-17,23H,9-12H2,1-3H3,(H,21,22)/t14?,16-,17+,19?/m0/s1. The highest BCUT2D eigenvalue weighted by atomic mass is 16.3. The molecule has 0 bridgehead atoms. The summed E-state index contributed by atoms with van der Waals surface area (Å²) in [6.45, 7) is 6.61. The van der Waals surface area contributed by atoms with Crippen molar-refractivity contribution >= 4 is 13.8 Å². The van der Waals surface area contributed by atoms with Crippen LogP contribution >= 0.6 is 0 Å². The summed E-state index contributed by atoms with van der Waals surface area (Å²) in [7, 11) is 5.98. The molecule has 0 aromatic heterocycles. The average Bonchev–Trinajstić information content (AvgIpc) is 2.53. The zero-order valence-electron chi connectivity index (χ0n) is 14.5. The van der Waals surface area contributed by atoms with Gasteiger partial charge < -0.3 is 10.4 Å². The minimum absolute atomic E-state index is 0.0188. The Balaban J connectivity index is 2.00. The first-order valence-electron chi connectivity index (χ1n) is 8.65. The predicted molar refractivity (Wildman–Crippen MR) is 93.9 cm³/mol. The normalized spacial score (nSPS) is 27.4. The number of hydrogen-bond acceptors (Lipinski definition) is 2. The van der Waals surface area contributed by atoms with E-state index in [0.29, 0.717) is 23.3 Å². The highest BCUT2D eigenvalue weighted by molar-refractivity contribution is 6.14. The van der Waals surface area contributed by atoms with Crippen molar-refractivity contribution in [3.05, 3.63) is 35.9 Å². The van der Waals surface area contributed by atoms with E-state index in [-0.39, 0.29) is 18.4 Å². The zero-order valence-corrected chi connectivity index (χ0v) is 14.5. The van der Waals surface area contributed by atoms with E-state index in [9.17, 15) is 9.90 Å². The Morgan fingerprint density at radius 1 is 1.35 bits per heavy atom. The molecule has 2 radical (unpaired) electrons. The lowest BCUT2D eigenvalue weighted by Crippen LogP contribution is -2.46. The highest BCUT2D eigenvalue weighted by Crippen LogP contribution is 2.38. The van der Waals surface area contributed by atoms with Crippen LogP contribution in [0, 0.1) is 23.7 Å². The van der Waals surface area contributed by atoms with Crippen molar-refractivity contribution in [3.63, 3.8) is 0 Å². The SMILES string of the molecule is [B]C(O)(CNC(=O)[C@@H]1CC(C)CC[C@H]1C(C)C)c1ccccc1. The maximum atomic E-state index is 12.7. The lowest BCUT2D eigenvalue weighted by atomic mass is 9.69. The van der Waals surface area contributed by atoms with Gasteiger partial charge in [0.1, 0.15) is 7.85 Å². The maximum absolute atomic E-state index is 12.7. The van der Waals surface area contributed by atoms with Crippen LogP contribution in [0.2, 0.25) is 0 Å². The van der Waals surface area contributed by atoms with Gasteiger partial charge in [0.05, 0.1) is 5.50 Å². The van der Waals surface area contributed by atoms with E-state index in [1.54, 1.807) is 12.1 Å². The van der Waals surface area contributed by atoms with Gasteiger partial charge in [0.2, 0.25) is 5.91 Å². The summed E-state index contributed by atoms with van der Waals surface area (Å²) >= 11 is 0. The Morgan fingerprint density at radius 3 is 2.61 bits per heavy atom. The van der Waals surface area contributed by atoms with E-state index in [0.717, 1.165) is 12.8 Å². The Kier molecular flexibility index (Phi) is 5.91. The Morgan fingerprint density at radius 2 is 2.00 bits per heavy atom. The molecule has 124 valence electrons. The average molecular weight is 313 g/mol. The molecule has 1 amide bonds. The van der Waals surface area contributed by atoms with Crippen molar-refractivity contribution in [3.8, 4) is 0 Å². The second-order valence-electron chi connectivity index (χ2n) is 7.44. The summed E-state index contributed by atoms with van der Waals surface area (Å²) in [5, 5.41) is 13.3. The van der Waals surface area contributed by atoms with Gasteiger partial charge in [-0.25, -0.2) is 0 Å². The molecule has 23 heavy (non-hydrogen) atoms. The fourth-order valence-electron chi connectivity index (χ4n) is 3.69. The topological polar surface area (TPSA) is 49.3 Å². The van der Waals surface area contributed by atoms with Crippen LogP contribution in [0.25, 0.3) is 0 Å². The largest absolute Gasteiger partial charge is 0.393 e. The zero-order chi connectivity index (χ0) is 17.0. The van der Waals surface area contributed by atoms with Crippen LogP contribution in [-0.4, -0.2) is 25.4 Å². The van der Waals surface area contributed by atoms with Crippen LogP contribution < -0.4 is 5.32 Å². The van der Waals surface area contributed by atoms with Crippen LogP contribution in [0.15, 0.2) is 30.3 Å². The van der Waals surface area contributed by atoms with Gasteiger partial charge in [-0.2, -0.15) is 0 Å². The molecule has 2 N–H and O–H groups in total. The van der Waals surface area contributed by atoms with Gasteiger partial charge in [0.25, 0.3) is 0 Å². The number of hydrogen-bond donors (Lipinski definition) is 2. The number of aliphatic hydroxyl groups is 1. The molecule has 0 aliphatic heterocycles. The molecular weight excluding hydrogens is 285 g/mol. The molecule has 1 aromatic carbocycles. The summed E-state index contributed by atoms with van der Waals surface area (Å²) in [5.74, 6) is 1.52. The van der Waals surface area contributed by atoms with E-state index in [1.165, 1.54) is 6.42 Å². The Bertz CT molecular complexity index is 515. The second-order valence-corrected chi connectivity index (χ2v) is 7.44. The summed E-state index contributed by atoms with van der Waals surface area (Å²) in [6.07, 6.45) is 3.21. The Labute approximate surface area is 141 Å². The maximum Gasteiger partial charge on any atom is 0.223 e. The van der Waals surface area contributed by atoms with Crippen molar-refractivity contribution in [2.75, 3.05) is 6.54 Å². The van der Waals surface area contributed by atoms with E-state index >= 15 is 0 Å². The molecule has 4 heteroatoms. The van der Waals surface area contributed by atoms with Crippen LogP contribution in [0.4, 0.5) is 0 Å². The predicted octanol–water partition coefficient (Wildman–Crippen LogP) is 2.82. The van der Waals surface area contributed by atoms with Gasteiger partial charge in [0.15, 0.2) is 0 Å². The summed E-state index contributed by atoms with van der Waals surface area (Å²) < 4.78 is 0. The highest BCUT2D eigenvalue weighted by Gasteiger charge is 2.36. The van der Waals surface area contributed by atoms with E-state index < -0.39 is 5.50 Å². The van der Waals surface area contributed by atoms with Crippen molar-refractivity contribution in [1.82, 2.24) is 5.32 Å². The molecule has 2 rings (SSSR count). The molecule has 0 heterocycles. The van der Waals surface area contributed by atoms with Crippen LogP contribution in [0.1, 0.15) is 45.6 Å². The van der Waals surface area contributed by atoms with Gasteiger partial charge >= 0.3 is 0 Å². The number of carbonyl (C=O) groups is 1. The fourth-order valence-corrected chi connectivity index (χ4v) is 3.69. The summed E-state index contributed by atoms with van der Waals surface area (Å²) in [5.41, 5.74) is -0.928. The third-order valence-corrected chi connectivity index (χ3v) is 5.16. The monoisotopic (exact) mass is 313 g/mol. The van der Waals surface area contributed by atoms with Gasteiger partial charge in [-0.3, -0.25) is 4.79 Å². The molecule has 2 unspecified atom stereocenters. The van der Waals surface area contributed by atoms with Gasteiger partial charge in [-0.15, -0.1) is 0 Å². The molecule has 0 spiro atoms. The third-order valence-electron chi connectivity index (χ3n) is 5.16.